The van der Waals surface area contributed by atoms with Crippen LogP contribution in [0.25, 0.3) is 39.1 Å². The standard InChI is InChI=1S/C27H18N4O2/c1-17-24-25(19-12-13-22-23(14-19)33-16-32-22)21(15-28)26(18-8-4-2-5-9-18)29-27(24)31(30-17)20-10-6-3-7-11-20/h2-14H,16H2,1H3. The van der Waals surface area contributed by atoms with E-state index in [4.69, 9.17) is 19.6 Å². The Morgan fingerprint density at radius 1 is 0.879 bits per heavy atom. The summed E-state index contributed by atoms with van der Waals surface area (Å²) >= 11 is 0. The van der Waals surface area contributed by atoms with Crippen molar-refractivity contribution in [2.75, 3.05) is 6.79 Å². The number of aryl methyl sites for hydroxylation is 1. The highest BCUT2D eigenvalue weighted by Gasteiger charge is 2.25. The number of pyridine rings is 1. The van der Waals surface area contributed by atoms with Crippen molar-refractivity contribution < 1.29 is 9.47 Å². The van der Waals surface area contributed by atoms with Gasteiger partial charge in [0.2, 0.25) is 6.79 Å². The molecule has 1 aliphatic rings. The SMILES string of the molecule is Cc1nn(-c2ccccc2)c2nc(-c3ccccc3)c(C#N)c(-c3ccc4c(c3)OCO4)c12. The van der Waals surface area contributed by atoms with Crippen LogP contribution in [-0.2, 0) is 0 Å². The second-order valence-electron chi connectivity index (χ2n) is 7.79. The Bertz CT molecular complexity index is 1550. The average Bonchev–Trinajstić information content (AvgIpc) is 3.47. The van der Waals surface area contributed by atoms with Crippen molar-refractivity contribution in [1.82, 2.24) is 14.8 Å². The Balaban J connectivity index is 1.74. The zero-order valence-corrected chi connectivity index (χ0v) is 17.8. The van der Waals surface area contributed by atoms with Gasteiger partial charge >= 0.3 is 0 Å². The number of aromatic nitrogens is 3. The third-order valence-electron chi connectivity index (χ3n) is 5.81. The predicted octanol–water partition coefficient (Wildman–Crippen LogP) is 5.66. The van der Waals surface area contributed by atoms with Gasteiger partial charge in [0.15, 0.2) is 17.1 Å². The Hall–Kier alpha value is -4.63. The van der Waals surface area contributed by atoms with Crippen molar-refractivity contribution in [3.63, 3.8) is 0 Å². The van der Waals surface area contributed by atoms with Crippen molar-refractivity contribution >= 4 is 11.0 Å². The summed E-state index contributed by atoms with van der Waals surface area (Å²) in [4.78, 5) is 4.99. The van der Waals surface area contributed by atoms with Crippen molar-refractivity contribution in [3.05, 3.63) is 90.1 Å². The van der Waals surface area contributed by atoms with Gasteiger partial charge in [-0.05, 0) is 36.8 Å². The average molecular weight is 430 g/mol. The summed E-state index contributed by atoms with van der Waals surface area (Å²) in [7, 11) is 0. The van der Waals surface area contributed by atoms with Crippen LogP contribution in [-0.4, -0.2) is 21.6 Å². The lowest BCUT2D eigenvalue weighted by molar-refractivity contribution is 0.174. The molecule has 5 aromatic rings. The second-order valence-corrected chi connectivity index (χ2v) is 7.79. The minimum atomic E-state index is 0.190. The molecule has 6 rings (SSSR count). The lowest BCUT2D eigenvalue weighted by atomic mass is 9.93. The normalized spacial score (nSPS) is 12.1. The molecule has 0 spiro atoms. The number of nitriles is 1. The summed E-state index contributed by atoms with van der Waals surface area (Å²) in [5.74, 6) is 1.36. The molecule has 3 heterocycles. The largest absolute Gasteiger partial charge is 0.454 e. The van der Waals surface area contributed by atoms with Crippen LogP contribution in [0.2, 0.25) is 0 Å². The first-order valence-electron chi connectivity index (χ1n) is 10.6. The van der Waals surface area contributed by atoms with E-state index in [0.29, 0.717) is 28.4 Å². The van der Waals surface area contributed by atoms with Gasteiger partial charge in [0.1, 0.15) is 6.07 Å². The molecule has 0 amide bonds. The van der Waals surface area contributed by atoms with E-state index < -0.39 is 0 Å². The fourth-order valence-electron chi connectivity index (χ4n) is 4.32. The van der Waals surface area contributed by atoms with Crippen LogP contribution in [0.1, 0.15) is 11.3 Å². The predicted molar refractivity (Wildman–Crippen MR) is 125 cm³/mol. The molecule has 0 saturated heterocycles. The quantitative estimate of drug-likeness (QED) is 0.369. The van der Waals surface area contributed by atoms with Crippen molar-refractivity contribution in [2.24, 2.45) is 0 Å². The first kappa shape index (κ1) is 19.1. The van der Waals surface area contributed by atoms with Crippen LogP contribution >= 0.6 is 0 Å². The minimum Gasteiger partial charge on any atom is -0.454 e. The monoisotopic (exact) mass is 430 g/mol. The molecule has 1 aliphatic heterocycles. The van der Waals surface area contributed by atoms with E-state index in [9.17, 15) is 5.26 Å². The third-order valence-corrected chi connectivity index (χ3v) is 5.81. The summed E-state index contributed by atoms with van der Waals surface area (Å²) in [6.07, 6.45) is 0. The van der Waals surface area contributed by atoms with E-state index in [0.717, 1.165) is 33.5 Å². The molecule has 0 atom stereocenters. The van der Waals surface area contributed by atoms with Crippen molar-refractivity contribution in [2.45, 2.75) is 6.92 Å². The van der Waals surface area contributed by atoms with Crippen molar-refractivity contribution in [1.29, 1.82) is 5.26 Å². The summed E-state index contributed by atoms with van der Waals surface area (Å²) < 4.78 is 13.0. The van der Waals surface area contributed by atoms with E-state index in [1.54, 1.807) is 0 Å². The van der Waals surface area contributed by atoms with Gasteiger partial charge in [0, 0.05) is 11.1 Å². The van der Waals surface area contributed by atoms with Gasteiger partial charge in [-0.25, -0.2) is 9.67 Å². The lowest BCUT2D eigenvalue weighted by Gasteiger charge is -2.13. The van der Waals surface area contributed by atoms with E-state index >= 15 is 0 Å². The van der Waals surface area contributed by atoms with Crippen LogP contribution in [0.3, 0.4) is 0 Å². The fourth-order valence-corrected chi connectivity index (χ4v) is 4.32. The van der Waals surface area contributed by atoms with Crippen LogP contribution in [0.15, 0.2) is 78.9 Å². The minimum absolute atomic E-state index is 0.190. The maximum atomic E-state index is 10.3. The Labute approximate surface area is 190 Å². The van der Waals surface area contributed by atoms with E-state index in [1.807, 2.05) is 90.5 Å². The van der Waals surface area contributed by atoms with Gasteiger partial charge in [0.25, 0.3) is 0 Å². The number of fused-ring (bicyclic) bond motifs is 2. The summed E-state index contributed by atoms with van der Waals surface area (Å²) in [5.41, 5.74) is 6.04. The highest BCUT2D eigenvalue weighted by molar-refractivity contribution is 6.01. The first-order valence-corrected chi connectivity index (χ1v) is 10.6. The number of nitrogens with zero attached hydrogens (tertiary/aromatic N) is 4. The van der Waals surface area contributed by atoms with E-state index in [1.165, 1.54) is 0 Å². The molecule has 158 valence electrons. The Morgan fingerprint density at radius 3 is 2.36 bits per heavy atom. The van der Waals surface area contributed by atoms with E-state index in [-0.39, 0.29) is 6.79 Å². The van der Waals surface area contributed by atoms with Gasteiger partial charge < -0.3 is 9.47 Å². The summed E-state index contributed by atoms with van der Waals surface area (Å²) in [6, 6.07) is 27.9. The third kappa shape index (κ3) is 3.02. The number of ether oxygens (including phenoxy) is 2. The molecule has 33 heavy (non-hydrogen) atoms. The van der Waals surface area contributed by atoms with Crippen molar-refractivity contribution in [3.8, 4) is 45.6 Å². The van der Waals surface area contributed by atoms with Gasteiger partial charge in [0.05, 0.1) is 28.0 Å². The molecule has 0 radical (unpaired) electrons. The summed E-state index contributed by atoms with van der Waals surface area (Å²) in [5, 5.41) is 16.0. The Kier molecular flexibility index (Phi) is 4.34. The topological polar surface area (TPSA) is 73.0 Å². The van der Waals surface area contributed by atoms with Crippen LogP contribution < -0.4 is 9.47 Å². The summed E-state index contributed by atoms with van der Waals surface area (Å²) in [6.45, 7) is 2.14. The zero-order valence-electron chi connectivity index (χ0n) is 17.8. The lowest BCUT2D eigenvalue weighted by Crippen LogP contribution is -2.01. The van der Waals surface area contributed by atoms with Crippen LogP contribution in [0, 0.1) is 18.3 Å². The number of benzene rings is 3. The van der Waals surface area contributed by atoms with Gasteiger partial charge in [-0.2, -0.15) is 10.4 Å². The van der Waals surface area contributed by atoms with E-state index in [2.05, 4.69) is 6.07 Å². The molecule has 0 saturated carbocycles. The highest BCUT2D eigenvalue weighted by Crippen LogP contribution is 2.42. The number of para-hydroxylation sites is 1. The first-order chi connectivity index (χ1) is 16.2. The van der Waals surface area contributed by atoms with Gasteiger partial charge in [-0.3, -0.25) is 0 Å². The molecule has 3 aromatic carbocycles. The molecule has 0 fully saturated rings. The Morgan fingerprint density at radius 2 is 1.61 bits per heavy atom. The van der Waals surface area contributed by atoms with Gasteiger partial charge in [-0.1, -0.05) is 54.6 Å². The number of hydrogen-bond acceptors (Lipinski definition) is 5. The zero-order chi connectivity index (χ0) is 22.4. The molecule has 0 bridgehead atoms. The maximum absolute atomic E-state index is 10.3. The molecule has 6 heteroatoms. The highest BCUT2D eigenvalue weighted by atomic mass is 16.7. The number of hydrogen-bond donors (Lipinski definition) is 0. The van der Waals surface area contributed by atoms with Crippen LogP contribution in [0.5, 0.6) is 11.5 Å². The molecule has 0 aliphatic carbocycles. The molecule has 2 aromatic heterocycles. The number of rotatable bonds is 3. The van der Waals surface area contributed by atoms with Crippen LogP contribution in [0.4, 0.5) is 0 Å². The maximum Gasteiger partial charge on any atom is 0.231 e. The molecular formula is C27H18N4O2. The second kappa shape index (κ2) is 7.50. The smallest absolute Gasteiger partial charge is 0.231 e. The fraction of sp³-hybridized carbons (Fsp3) is 0.0741. The molecule has 0 unspecified atom stereocenters. The molecule has 0 N–H and O–H groups in total. The van der Waals surface area contributed by atoms with Gasteiger partial charge in [-0.15, -0.1) is 0 Å². The molecular weight excluding hydrogens is 412 g/mol. The molecule has 6 nitrogen and oxygen atoms in total.